The minimum atomic E-state index is -0.754. The van der Waals surface area contributed by atoms with Crippen LogP contribution in [0, 0.1) is 17.1 Å². The zero-order valence-corrected chi connectivity index (χ0v) is 15.1. The number of fused-ring (bicyclic) bond motifs is 1. The van der Waals surface area contributed by atoms with Crippen molar-refractivity contribution in [2.75, 3.05) is 0 Å². The number of rotatable bonds is 2. The molecule has 0 saturated heterocycles. The van der Waals surface area contributed by atoms with Gasteiger partial charge < -0.3 is 10.2 Å². The molecule has 0 amide bonds. The predicted octanol–water partition coefficient (Wildman–Crippen LogP) is 5.64. The quantitative estimate of drug-likeness (QED) is 0.464. The van der Waals surface area contributed by atoms with Crippen LogP contribution in [0.5, 0.6) is 11.5 Å². The SMILES string of the molecule is N#Cc1ccc(-c2cc(-c3ccc(O)c(F)c3)nc3c(Cl)cc(O)cc23)cc1. The molecular weight excluding hydrogens is 379 g/mol. The van der Waals surface area contributed by atoms with E-state index in [9.17, 15) is 14.6 Å². The first-order valence-electron chi connectivity index (χ1n) is 8.29. The number of benzene rings is 3. The number of aromatic hydroxyl groups is 2. The number of halogens is 2. The van der Waals surface area contributed by atoms with Crippen LogP contribution in [0.25, 0.3) is 33.3 Å². The third kappa shape index (κ3) is 3.11. The second-order valence-electron chi connectivity index (χ2n) is 6.23. The Balaban J connectivity index is 2.03. The van der Waals surface area contributed by atoms with Gasteiger partial charge in [0.1, 0.15) is 5.75 Å². The molecule has 1 aromatic heterocycles. The van der Waals surface area contributed by atoms with Crippen LogP contribution in [-0.2, 0) is 0 Å². The van der Waals surface area contributed by atoms with Gasteiger partial charge in [-0.05, 0) is 53.6 Å². The van der Waals surface area contributed by atoms with E-state index in [1.165, 1.54) is 18.2 Å². The van der Waals surface area contributed by atoms with Crippen LogP contribution in [0.1, 0.15) is 5.56 Å². The van der Waals surface area contributed by atoms with Crippen LogP contribution in [0.15, 0.2) is 60.7 Å². The molecule has 0 bridgehead atoms. The number of nitrogens with zero attached hydrogens (tertiary/aromatic N) is 2. The van der Waals surface area contributed by atoms with Gasteiger partial charge in [-0.3, -0.25) is 0 Å². The van der Waals surface area contributed by atoms with Gasteiger partial charge in [-0.15, -0.1) is 0 Å². The van der Waals surface area contributed by atoms with E-state index in [2.05, 4.69) is 11.1 Å². The number of hydrogen-bond acceptors (Lipinski definition) is 4. The fraction of sp³-hybridized carbons (Fsp3) is 0. The first kappa shape index (κ1) is 17.8. The molecule has 4 nitrogen and oxygen atoms in total. The van der Waals surface area contributed by atoms with Crippen LogP contribution in [0.4, 0.5) is 4.39 Å². The van der Waals surface area contributed by atoms with E-state index in [0.717, 1.165) is 11.1 Å². The molecule has 0 fully saturated rings. The molecule has 6 heteroatoms. The Labute approximate surface area is 164 Å². The van der Waals surface area contributed by atoms with Crippen molar-refractivity contribution < 1.29 is 14.6 Å². The van der Waals surface area contributed by atoms with Gasteiger partial charge in [0.15, 0.2) is 11.6 Å². The van der Waals surface area contributed by atoms with Gasteiger partial charge in [0.05, 0.1) is 27.9 Å². The summed E-state index contributed by atoms with van der Waals surface area (Å²) in [6, 6.07) is 17.7. The summed E-state index contributed by atoms with van der Waals surface area (Å²) in [5.74, 6) is -1.20. The van der Waals surface area contributed by atoms with E-state index in [-0.39, 0.29) is 10.8 Å². The second kappa shape index (κ2) is 6.84. The molecule has 2 N–H and O–H groups in total. The van der Waals surface area contributed by atoms with E-state index in [0.29, 0.717) is 27.7 Å². The molecule has 0 saturated carbocycles. The van der Waals surface area contributed by atoms with Crippen molar-refractivity contribution in [1.82, 2.24) is 4.98 Å². The summed E-state index contributed by atoms with van der Waals surface area (Å²) < 4.78 is 13.9. The summed E-state index contributed by atoms with van der Waals surface area (Å²) in [4.78, 5) is 4.53. The van der Waals surface area contributed by atoms with Crippen LogP contribution in [0.3, 0.4) is 0 Å². The Morgan fingerprint density at radius 2 is 1.64 bits per heavy atom. The van der Waals surface area contributed by atoms with Crippen molar-refractivity contribution in [1.29, 1.82) is 5.26 Å². The second-order valence-corrected chi connectivity index (χ2v) is 6.64. The molecule has 136 valence electrons. The smallest absolute Gasteiger partial charge is 0.165 e. The van der Waals surface area contributed by atoms with Gasteiger partial charge in [-0.1, -0.05) is 23.7 Å². The highest BCUT2D eigenvalue weighted by Gasteiger charge is 2.14. The summed E-state index contributed by atoms with van der Waals surface area (Å²) in [5.41, 5.74) is 3.40. The third-order valence-electron chi connectivity index (χ3n) is 4.42. The maximum Gasteiger partial charge on any atom is 0.165 e. The van der Waals surface area contributed by atoms with Gasteiger partial charge in [-0.2, -0.15) is 5.26 Å². The first-order chi connectivity index (χ1) is 13.5. The molecule has 0 aliphatic rings. The van der Waals surface area contributed by atoms with Crippen LogP contribution >= 0.6 is 11.6 Å². The lowest BCUT2D eigenvalue weighted by atomic mass is 9.97. The average Bonchev–Trinajstić information content (AvgIpc) is 2.69. The number of phenols is 2. The maximum atomic E-state index is 13.9. The average molecular weight is 391 g/mol. The Morgan fingerprint density at radius 1 is 0.929 bits per heavy atom. The van der Waals surface area contributed by atoms with Crippen LogP contribution in [0.2, 0.25) is 5.02 Å². The lowest BCUT2D eigenvalue weighted by Gasteiger charge is -2.12. The van der Waals surface area contributed by atoms with Gasteiger partial charge in [-0.25, -0.2) is 9.37 Å². The number of phenolic OH excluding ortho intramolecular Hbond substituents is 2. The lowest BCUT2D eigenvalue weighted by molar-refractivity contribution is 0.432. The van der Waals surface area contributed by atoms with Gasteiger partial charge in [0.2, 0.25) is 0 Å². The minimum absolute atomic E-state index is 0.00220. The zero-order chi connectivity index (χ0) is 19.8. The highest BCUT2D eigenvalue weighted by Crippen LogP contribution is 2.37. The summed E-state index contributed by atoms with van der Waals surface area (Å²) in [5, 5.41) is 29.3. The molecular formula is C22H12ClFN2O2. The van der Waals surface area contributed by atoms with E-state index in [1.807, 2.05) is 0 Å². The minimum Gasteiger partial charge on any atom is -0.508 e. The Hall–Kier alpha value is -3.62. The molecule has 0 radical (unpaired) electrons. The first-order valence-corrected chi connectivity index (χ1v) is 8.67. The monoisotopic (exact) mass is 390 g/mol. The highest BCUT2D eigenvalue weighted by molar-refractivity contribution is 6.35. The van der Waals surface area contributed by atoms with Gasteiger partial charge in [0, 0.05) is 17.0 Å². The van der Waals surface area contributed by atoms with Crippen molar-refractivity contribution in [3.8, 4) is 40.0 Å². The molecule has 1 heterocycles. The largest absolute Gasteiger partial charge is 0.508 e. The van der Waals surface area contributed by atoms with Crippen LogP contribution in [-0.4, -0.2) is 15.2 Å². The van der Waals surface area contributed by atoms with Crippen molar-refractivity contribution in [2.45, 2.75) is 0 Å². The molecule has 3 aromatic carbocycles. The standard InChI is InChI=1S/C22H12ClFN2O2/c23-18-9-15(27)8-17-16(13-3-1-12(11-25)2-4-13)10-20(26-22(17)18)14-5-6-21(28)19(24)7-14/h1-10,27-28H. The topological polar surface area (TPSA) is 77.1 Å². The summed E-state index contributed by atoms with van der Waals surface area (Å²) in [6.45, 7) is 0. The van der Waals surface area contributed by atoms with Gasteiger partial charge in [0.25, 0.3) is 0 Å². The Morgan fingerprint density at radius 3 is 2.32 bits per heavy atom. The van der Waals surface area contributed by atoms with E-state index in [1.54, 1.807) is 42.5 Å². The summed E-state index contributed by atoms with van der Waals surface area (Å²) in [7, 11) is 0. The number of pyridine rings is 1. The van der Waals surface area contributed by atoms with Crippen LogP contribution < -0.4 is 0 Å². The normalized spacial score (nSPS) is 10.8. The highest BCUT2D eigenvalue weighted by atomic mass is 35.5. The van der Waals surface area contributed by atoms with E-state index >= 15 is 0 Å². The molecule has 0 unspecified atom stereocenters. The zero-order valence-electron chi connectivity index (χ0n) is 14.3. The van der Waals surface area contributed by atoms with Crippen molar-refractivity contribution in [3.63, 3.8) is 0 Å². The molecule has 0 atom stereocenters. The lowest BCUT2D eigenvalue weighted by Crippen LogP contribution is -1.92. The van der Waals surface area contributed by atoms with Crippen molar-refractivity contribution >= 4 is 22.5 Å². The number of aromatic nitrogens is 1. The number of hydrogen-bond donors (Lipinski definition) is 2. The molecule has 4 rings (SSSR count). The Bertz CT molecular complexity index is 1260. The molecule has 28 heavy (non-hydrogen) atoms. The third-order valence-corrected chi connectivity index (χ3v) is 4.71. The molecule has 4 aromatic rings. The maximum absolute atomic E-state index is 13.9. The number of nitriles is 1. The Kier molecular flexibility index (Phi) is 4.34. The molecule has 0 aliphatic heterocycles. The van der Waals surface area contributed by atoms with E-state index < -0.39 is 11.6 Å². The fourth-order valence-corrected chi connectivity index (χ4v) is 3.30. The van der Waals surface area contributed by atoms with Gasteiger partial charge >= 0.3 is 0 Å². The van der Waals surface area contributed by atoms with E-state index in [4.69, 9.17) is 16.9 Å². The summed E-state index contributed by atoms with van der Waals surface area (Å²) >= 11 is 6.31. The van der Waals surface area contributed by atoms with Crippen molar-refractivity contribution in [3.05, 3.63) is 77.1 Å². The molecule has 0 aliphatic carbocycles. The predicted molar refractivity (Wildman–Crippen MR) is 106 cm³/mol. The fourth-order valence-electron chi connectivity index (χ4n) is 3.05. The summed E-state index contributed by atoms with van der Waals surface area (Å²) in [6.07, 6.45) is 0. The van der Waals surface area contributed by atoms with Crippen molar-refractivity contribution in [2.24, 2.45) is 0 Å². The molecule has 0 spiro atoms.